The molecule has 1 amide bonds. The summed E-state index contributed by atoms with van der Waals surface area (Å²) in [4.78, 5) is 22.7. The number of aromatic carboxylic acids is 1. The number of ether oxygens (including phenoxy) is 1. The van der Waals surface area contributed by atoms with E-state index in [-0.39, 0.29) is 11.5 Å². The molecule has 20 heavy (non-hydrogen) atoms. The Kier molecular flexibility index (Phi) is 6.77. The smallest absolute Gasteiger partial charge is 0.335 e. The molecule has 0 bridgehead atoms. The second kappa shape index (κ2) is 8.08. The van der Waals surface area contributed by atoms with Gasteiger partial charge in [0.05, 0.1) is 9.13 Å². The fraction of sp³-hybridized carbons (Fsp3) is 0.429. The Labute approximate surface area is 131 Å². The highest BCUT2D eigenvalue weighted by molar-refractivity contribution is 14.1. The highest BCUT2D eigenvalue weighted by Gasteiger charge is 2.16. The van der Waals surface area contributed by atoms with Crippen molar-refractivity contribution in [2.24, 2.45) is 0 Å². The van der Waals surface area contributed by atoms with Gasteiger partial charge in [0, 0.05) is 6.54 Å². The minimum atomic E-state index is -1.02. The average Bonchev–Trinajstić information content (AvgIpc) is 2.41. The van der Waals surface area contributed by atoms with Crippen LogP contribution in [0.1, 0.15) is 37.0 Å². The minimum absolute atomic E-state index is 0.138. The lowest BCUT2D eigenvalue weighted by Gasteiger charge is -2.16. The molecule has 1 aromatic carbocycles. The van der Waals surface area contributed by atoms with Crippen LogP contribution in [0.15, 0.2) is 18.2 Å². The first-order chi connectivity index (χ1) is 9.45. The summed E-state index contributed by atoms with van der Waals surface area (Å²) in [7, 11) is 0. The van der Waals surface area contributed by atoms with Crippen molar-refractivity contribution in [3.63, 3.8) is 0 Å². The number of hydrogen-bond acceptors (Lipinski definition) is 3. The molecule has 0 saturated heterocycles. The summed E-state index contributed by atoms with van der Waals surface area (Å²) in [5, 5.41) is 11.7. The quantitative estimate of drug-likeness (QED) is 0.554. The van der Waals surface area contributed by atoms with E-state index in [1.807, 2.05) is 29.5 Å². The van der Waals surface area contributed by atoms with Crippen molar-refractivity contribution in [3.8, 4) is 5.75 Å². The summed E-state index contributed by atoms with van der Waals surface area (Å²) in [6.45, 7) is 4.31. The Morgan fingerprint density at radius 1 is 1.45 bits per heavy atom. The van der Waals surface area contributed by atoms with Gasteiger partial charge in [0.1, 0.15) is 5.75 Å². The molecule has 0 aliphatic heterocycles. The summed E-state index contributed by atoms with van der Waals surface area (Å²) in [6.07, 6.45) is 1.27. The van der Waals surface area contributed by atoms with Crippen LogP contribution >= 0.6 is 22.6 Å². The van der Waals surface area contributed by atoms with E-state index >= 15 is 0 Å². The maximum atomic E-state index is 11.8. The predicted octanol–water partition coefficient (Wildman–Crippen LogP) is 2.67. The Balaban J connectivity index is 2.69. The Morgan fingerprint density at radius 2 is 2.15 bits per heavy atom. The van der Waals surface area contributed by atoms with Crippen LogP contribution in [0, 0.1) is 3.57 Å². The molecule has 2 N–H and O–H groups in total. The third-order valence-electron chi connectivity index (χ3n) is 2.68. The van der Waals surface area contributed by atoms with Gasteiger partial charge in [0.25, 0.3) is 5.91 Å². The number of rotatable bonds is 7. The van der Waals surface area contributed by atoms with Crippen LogP contribution in [0.4, 0.5) is 0 Å². The van der Waals surface area contributed by atoms with Crippen LogP contribution < -0.4 is 10.1 Å². The molecule has 6 heteroatoms. The van der Waals surface area contributed by atoms with Crippen LogP contribution in [0.3, 0.4) is 0 Å². The van der Waals surface area contributed by atoms with E-state index < -0.39 is 12.1 Å². The molecule has 0 spiro atoms. The summed E-state index contributed by atoms with van der Waals surface area (Å²) in [6, 6.07) is 4.59. The predicted molar refractivity (Wildman–Crippen MR) is 84.1 cm³/mol. The lowest BCUT2D eigenvalue weighted by molar-refractivity contribution is -0.127. The maximum Gasteiger partial charge on any atom is 0.335 e. The summed E-state index contributed by atoms with van der Waals surface area (Å²) in [5.74, 6) is -0.815. The van der Waals surface area contributed by atoms with E-state index in [2.05, 4.69) is 5.32 Å². The van der Waals surface area contributed by atoms with Crippen LogP contribution in [0.2, 0.25) is 0 Å². The van der Waals surface area contributed by atoms with E-state index in [9.17, 15) is 9.59 Å². The SMILES string of the molecule is CCCCNC(=O)C(C)Oc1cc(C(=O)O)ccc1I. The zero-order valence-electron chi connectivity index (χ0n) is 11.5. The van der Waals surface area contributed by atoms with Gasteiger partial charge in [0.2, 0.25) is 0 Å². The Bertz CT molecular complexity index is 490. The zero-order chi connectivity index (χ0) is 15.1. The molecular formula is C14H18INO4. The molecule has 0 aliphatic carbocycles. The Morgan fingerprint density at radius 3 is 2.75 bits per heavy atom. The lowest BCUT2D eigenvalue weighted by atomic mass is 10.2. The molecule has 0 aliphatic rings. The normalized spacial score (nSPS) is 11.8. The molecule has 0 aromatic heterocycles. The van der Waals surface area contributed by atoms with Gasteiger partial charge in [-0.15, -0.1) is 0 Å². The van der Waals surface area contributed by atoms with Crippen molar-refractivity contribution in [1.29, 1.82) is 0 Å². The number of carbonyl (C=O) groups is 2. The van der Waals surface area contributed by atoms with E-state index in [1.165, 1.54) is 12.1 Å². The molecule has 0 saturated carbocycles. The van der Waals surface area contributed by atoms with Crippen molar-refractivity contribution in [2.75, 3.05) is 6.54 Å². The first kappa shape index (κ1) is 16.7. The molecule has 0 radical (unpaired) electrons. The molecule has 1 atom stereocenters. The standard InChI is InChI=1S/C14H18INO4/c1-3-4-7-16-13(17)9(2)20-12-8-10(14(18)19)5-6-11(12)15/h5-6,8-9H,3-4,7H2,1-2H3,(H,16,17)(H,18,19). The van der Waals surface area contributed by atoms with E-state index in [4.69, 9.17) is 9.84 Å². The zero-order valence-corrected chi connectivity index (χ0v) is 13.6. The van der Waals surface area contributed by atoms with Gasteiger partial charge in [-0.2, -0.15) is 0 Å². The first-order valence-electron chi connectivity index (χ1n) is 6.43. The number of nitrogens with one attached hydrogen (secondary N) is 1. The van der Waals surface area contributed by atoms with Crippen LogP contribution in [0.25, 0.3) is 0 Å². The van der Waals surface area contributed by atoms with Gasteiger partial charge in [-0.3, -0.25) is 4.79 Å². The highest BCUT2D eigenvalue weighted by Crippen LogP contribution is 2.23. The van der Waals surface area contributed by atoms with Crippen molar-refractivity contribution in [3.05, 3.63) is 27.3 Å². The van der Waals surface area contributed by atoms with Gasteiger partial charge < -0.3 is 15.2 Å². The first-order valence-corrected chi connectivity index (χ1v) is 7.50. The van der Waals surface area contributed by atoms with Gasteiger partial charge in [-0.05, 0) is 54.1 Å². The average molecular weight is 391 g/mol. The monoisotopic (exact) mass is 391 g/mol. The largest absolute Gasteiger partial charge is 0.480 e. The van der Waals surface area contributed by atoms with Gasteiger partial charge >= 0.3 is 5.97 Å². The van der Waals surface area contributed by atoms with Crippen molar-refractivity contribution in [2.45, 2.75) is 32.8 Å². The molecule has 1 unspecified atom stereocenters. The number of carboxylic acid groups (broad SMARTS) is 1. The van der Waals surface area contributed by atoms with Crippen LogP contribution in [-0.4, -0.2) is 29.6 Å². The number of amides is 1. The van der Waals surface area contributed by atoms with Crippen LogP contribution in [0.5, 0.6) is 5.75 Å². The van der Waals surface area contributed by atoms with E-state index in [0.29, 0.717) is 12.3 Å². The number of carboxylic acids is 1. The van der Waals surface area contributed by atoms with Crippen LogP contribution in [-0.2, 0) is 4.79 Å². The molecule has 110 valence electrons. The number of unbranched alkanes of at least 4 members (excludes halogenated alkanes) is 1. The number of halogens is 1. The topological polar surface area (TPSA) is 75.6 Å². The maximum absolute atomic E-state index is 11.8. The second-order valence-electron chi connectivity index (χ2n) is 4.36. The minimum Gasteiger partial charge on any atom is -0.480 e. The molecule has 1 aromatic rings. The number of benzene rings is 1. The second-order valence-corrected chi connectivity index (χ2v) is 5.52. The molecule has 5 nitrogen and oxygen atoms in total. The molecular weight excluding hydrogens is 373 g/mol. The van der Waals surface area contributed by atoms with Crippen molar-refractivity contribution < 1.29 is 19.4 Å². The lowest BCUT2D eigenvalue weighted by Crippen LogP contribution is -2.36. The molecule has 0 fully saturated rings. The third kappa shape index (κ3) is 4.99. The Hall–Kier alpha value is -1.31. The summed E-state index contributed by atoms with van der Waals surface area (Å²) >= 11 is 2.04. The number of hydrogen-bond donors (Lipinski definition) is 2. The highest BCUT2D eigenvalue weighted by atomic mass is 127. The third-order valence-corrected chi connectivity index (χ3v) is 3.57. The van der Waals surface area contributed by atoms with Gasteiger partial charge in [-0.1, -0.05) is 13.3 Å². The van der Waals surface area contributed by atoms with Crippen molar-refractivity contribution >= 4 is 34.5 Å². The summed E-state index contributed by atoms with van der Waals surface area (Å²) in [5.41, 5.74) is 0.138. The number of carbonyl (C=O) groups excluding carboxylic acids is 1. The molecule has 0 heterocycles. The van der Waals surface area contributed by atoms with Crippen molar-refractivity contribution in [1.82, 2.24) is 5.32 Å². The van der Waals surface area contributed by atoms with Gasteiger partial charge in [-0.25, -0.2) is 4.79 Å². The fourth-order valence-corrected chi connectivity index (χ4v) is 1.97. The van der Waals surface area contributed by atoms with Gasteiger partial charge in [0.15, 0.2) is 6.10 Å². The molecule has 1 rings (SSSR count). The fourth-order valence-electron chi connectivity index (χ4n) is 1.50. The summed E-state index contributed by atoms with van der Waals surface area (Å²) < 4.78 is 6.31. The van der Waals surface area contributed by atoms with E-state index in [1.54, 1.807) is 13.0 Å². The van der Waals surface area contributed by atoms with E-state index in [0.717, 1.165) is 16.4 Å².